The average molecular weight is 787 g/mol. The first kappa shape index (κ1) is 45.7. The molecule has 0 aromatic carbocycles. The van der Waals surface area contributed by atoms with E-state index in [4.69, 9.17) is 33.2 Å². The molecule has 0 unspecified atom stereocenters. The van der Waals surface area contributed by atoms with Crippen LogP contribution < -0.4 is 0 Å². The van der Waals surface area contributed by atoms with E-state index >= 15 is 0 Å². The molecule has 4 aliphatic heterocycles. The molecule has 15 nitrogen and oxygen atoms in total. The molecule has 0 bridgehead atoms. The smallest absolute Gasteiger partial charge is 0.311 e. The van der Waals surface area contributed by atoms with E-state index in [1.54, 1.807) is 48.5 Å². The summed E-state index contributed by atoms with van der Waals surface area (Å²) in [5.41, 5.74) is -4.80. The minimum absolute atomic E-state index is 0.0310. The minimum Gasteiger partial charge on any atom is -0.459 e. The monoisotopic (exact) mass is 786 g/mol. The SMILES string of the molecule is CC[C@H]1OC(=O)[C@H](C)[C@@H](O[C@H]2C[C@@](C)(OC)[C@@H](O)[C@H](C)O2)[C@H](C)[C@@H](O[C@@H]2O[C@H](C)C[C@H]3[C@H]2OC(=NC(C)C)N3C)[C@](C)(O)C[C@@H](C)C(=O)[C@H](C)[C@@H](O)[C@]1(C)O. The summed E-state index contributed by atoms with van der Waals surface area (Å²) in [5, 5.41) is 46.6. The number of methoxy groups -OCH3 is 1. The van der Waals surface area contributed by atoms with Gasteiger partial charge in [-0.2, -0.15) is 0 Å². The molecule has 0 amide bonds. The Hall–Kier alpha value is -1.95. The van der Waals surface area contributed by atoms with E-state index in [2.05, 4.69) is 4.99 Å². The molecule has 18 atom stereocenters. The topological polar surface area (TPSA) is 195 Å². The molecule has 15 heteroatoms. The number of hydrogen-bond acceptors (Lipinski definition) is 14. The summed E-state index contributed by atoms with van der Waals surface area (Å²) in [6.07, 6.45) is -8.72. The minimum atomic E-state index is -1.99. The van der Waals surface area contributed by atoms with E-state index in [-0.39, 0.29) is 37.5 Å². The van der Waals surface area contributed by atoms with Gasteiger partial charge in [0.2, 0.25) is 0 Å². The maximum atomic E-state index is 14.2. The van der Waals surface area contributed by atoms with Crippen LogP contribution in [-0.4, -0.2) is 148 Å². The summed E-state index contributed by atoms with van der Waals surface area (Å²) in [6.45, 7) is 20.6. The predicted octanol–water partition coefficient (Wildman–Crippen LogP) is 2.96. The molecule has 0 aromatic rings. The zero-order valence-corrected chi connectivity index (χ0v) is 35.4. The summed E-state index contributed by atoms with van der Waals surface area (Å²) < 4.78 is 44.3. The van der Waals surface area contributed by atoms with E-state index in [0.717, 1.165) is 0 Å². The molecule has 0 radical (unpaired) electrons. The van der Waals surface area contributed by atoms with Crippen LogP contribution in [0.3, 0.4) is 0 Å². The van der Waals surface area contributed by atoms with Gasteiger partial charge in [-0.15, -0.1) is 0 Å². The molecular weight excluding hydrogens is 716 g/mol. The molecule has 0 aromatic heterocycles. The Morgan fingerprint density at radius 3 is 2.15 bits per heavy atom. The second-order valence-corrected chi connectivity index (χ2v) is 17.7. The molecule has 0 spiro atoms. The number of likely N-dealkylation sites (N-methyl/N-ethyl adjacent to an activating group) is 1. The van der Waals surface area contributed by atoms with Gasteiger partial charge in [0, 0.05) is 44.4 Å². The zero-order chi connectivity index (χ0) is 41.5. The first-order valence-corrected chi connectivity index (χ1v) is 20.1. The Kier molecular flexibility index (Phi) is 14.6. The van der Waals surface area contributed by atoms with Crippen LogP contribution in [0.2, 0.25) is 0 Å². The van der Waals surface area contributed by atoms with Crippen molar-refractivity contribution in [2.45, 2.75) is 199 Å². The van der Waals surface area contributed by atoms with Crippen molar-refractivity contribution in [2.24, 2.45) is 28.7 Å². The zero-order valence-electron chi connectivity index (χ0n) is 35.4. The first-order chi connectivity index (χ1) is 25.4. The van der Waals surface area contributed by atoms with Crippen molar-refractivity contribution in [2.75, 3.05) is 14.2 Å². The van der Waals surface area contributed by atoms with Crippen LogP contribution in [0.4, 0.5) is 0 Å². The van der Waals surface area contributed by atoms with E-state index in [9.17, 15) is 30.0 Å². The number of amidine groups is 1. The number of hydrogen-bond donors (Lipinski definition) is 4. The van der Waals surface area contributed by atoms with Crippen molar-refractivity contribution in [3.63, 3.8) is 0 Å². The molecule has 4 fully saturated rings. The van der Waals surface area contributed by atoms with Crippen molar-refractivity contribution in [1.82, 2.24) is 4.90 Å². The maximum absolute atomic E-state index is 14.2. The van der Waals surface area contributed by atoms with Gasteiger partial charge in [-0.3, -0.25) is 9.59 Å². The first-order valence-electron chi connectivity index (χ1n) is 20.1. The largest absolute Gasteiger partial charge is 0.459 e. The number of aliphatic hydroxyl groups excluding tert-OH is 2. The molecule has 4 N–H and O–H groups in total. The summed E-state index contributed by atoms with van der Waals surface area (Å²) in [6, 6.07) is 0.277. The number of esters is 1. The molecule has 0 saturated carbocycles. The Morgan fingerprint density at radius 1 is 0.927 bits per heavy atom. The van der Waals surface area contributed by atoms with Crippen LogP contribution in [-0.2, 0) is 42.7 Å². The van der Waals surface area contributed by atoms with Crippen LogP contribution in [0.15, 0.2) is 4.99 Å². The van der Waals surface area contributed by atoms with Gasteiger partial charge in [-0.05, 0) is 74.7 Å². The van der Waals surface area contributed by atoms with Gasteiger partial charge in [0.1, 0.15) is 23.6 Å². The summed E-state index contributed by atoms with van der Waals surface area (Å²) in [7, 11) is 3.41. The van der Waals surface area contributed by atoms with Crippen molar-refractivity contribution in [3.05, 3.63) is 0 Å². The van der Waals surface area contributed by atoms with Crippen molar-refractivity contribution in [1.29, 1.82) is 0 Å². The van der Waals surface area contributed by atoms with Crippen molar-refractivity contribution < 1.29 is 63.2 Å². The van der Waals surface area contributed by atoms with E-state index < -0.39 is 108 Å². The molecule has 4 aliphatic rings. The van der Waals surface area contributed by atoms with Crippen LogP contribution >= 0.6 is 0 Å². The van der Waals surface area contributed by atoms with E-state index in [0.29, 0.717) is 12.4 Å². The Labute approximate surface area is 327 Å². The molecule has 4 saturated heterocycles. The number of cyclic esters (lactones) is 1. The lowest BCUT2D eigenvalue weighted by atomic mass is 9.74. The van der Waals surface area contributed by atoms with E-state index in [1.165, 1.54) is 21.0 Å². The highest BCUT2D eigenvalue weighted by atomic mass is 16.7. The quantitative estimate of drug-likeness (QED) is 0.275. The fourth-order valence-corrected chi connectivity index (χ4v) is 9.08. The van der Waals surface area contributed by atoms with Gasteiger partial charge in [-0.1, -0.05) is 27.7 Å². The highest BCUT2D eigenvalue weighted by molar-refractivity contribution is 5.83. The van der Waals surface area contributed by atoms with E-state index in [1.807, 2.05) is 32.7 Å². The van der Waals surface area contributed by atoms with Crippen LogP contribution in [0.5, 0.6) is 0 Å². The molecule has 4 heterocycles. The molecule has 0 aliphatic carbocycles. The van der Waals surface area contributed by atoms with Gasteiger partial charge in [0.25, 0.3) is 6.02 Å². The standard InChI is InChI=1S/C40H70N2O13/c1-15-27-40(12,48)32(44)22(6)29(43)20(4)17-38(10,47)34(55-36-31-26(16-21(5)50-36)42(13)37(54-31)41-19(2)3)23(7)30(24(8)35(46)52-27)53-28-18-39(11,49-14)33(45)25(9)51-28/h19-28,30-34,36,44-45,47-48H,15-18H2,1-14H3/t20-,21-,22+,23+,24-,25+,26+,27-,28+,30+,31-,32-,33+,34-,36+,38-,39-,40-/m1/s1. The second kappa shape index (κ2) is 17.5. The van der Waals surface area contributed by atoms with Gasteiger partial charge < -0.3 is 58.5 Å². The number of ketones is 1. The number of carbonyl (C=O) groups excluding carboxylic acids is 2. The normalized spacial score (nSPS) is 48.7. The number of Topliss-reactive ketones (excluding diaryl/α,β-unsaturated/α-hetero) is 1. The lowest BCUT2D eigenvalue weighted by molar-refractivity contribution is -0.313. The van der Waals surface area contributed by atoms with Crippen LogP contribution in [0.1, 0.15) is 109 Å². The third kappa shape index (κ3) is 9.52. The summed E-state index contributed by atoms with van der Waals surface area (Å²) in [4.78, 5) is 34.8. The third-order valence-electron chi connectivity index (χ3n) is 12.5. The highest BCUT2D eigenvalue weighted by Gasteiger charge is 2.55. The number of nitrogens with zero attached hydrogens (tertiary/aromatic N) is 2. The van der Waals surface area contributed by atoms with Gasteiger partial charge in [0.15, 0.2) is 18.7 Å². The van der Waals surface area contributed by atoms with Crippen LogP contribution in [0.25, 0.3) is 0 Å². The molecule has 55 heavy (non-hydrogen) atoms. The number of fused-ring (bicyclic) bond motifs is 1. The second-order valence-electron chi connectivity index (χ2n) is 17.7. The predicted molar refractivity (Wildman–Crippen MR) is 202 cm³/mol. The lowest BCUT2D eigenvalue weighted by Gasteiger charge is -2.48. The fourth-order valence-electron chi connectivity index (χ4n) is 9.08. The van der Waals surface area contributed by atoms with Gasteiger partial charge >= 0.3 is 5.97 Å². The number of carbonyl (C=O) groups is 2. The number of aliphatic imine (C=N–C) groups is 1. The molecular formula is C40H70N2O13. The highest BCUT2D eigenvalue weighted by Crippen LogP contribution is 2.42. The van der Waals surface area contributed by atoms with Crippen molar-refractivity contribution >= 4 is 17.8 Å². The summed E-state index contributed by atoms with van der Waals surface area (Å²) >= 11 is 0. The molecule has 318 valence electrons. The summed E-state index contributed by atoms with van der Waals surface area (Å²) in [5.74, 6) is -4.86. The maximum Gasteiger partial charge on any atom is 0.311 e. The van der Waals surface area contributed by atoms with Gasteiger partial charge in [0.05, 0.1) is 53.7 Å². The van der Waals surface area contributed by atoms with Crippen molar-refractivity contribution in [3.8, 4) is 0 Å². The Morgan fingerprint density at radius 2 is 1.56 bits per heavy atom. The number of ether oxygens (including phenoxy) is 7. The third-order valence-corrected chi connectivity index (χ3v) is 12.5. The average Bonchev–Trinajstić information content (AvgIpc) is 3.41. The molecule has 4 rings (SSSR count). The fraction of sp³-hybridized carbons (Fsp3) is 0.925. The Bertz CT molecular complexity index is 1360. The van der Waals surface area contributed by atoms with Crippen LogP contribution in [0, 0.1) is 23.7 Å². The number of aliphatic hydroxyl groups is 4. The Balaban J connectivity index is 1.84. The number of rotatable bonds is 7. The lowest BCUT2D eigenvalue weighted by Crippen LogP contribution is -2.60. The van der Waals surface area contributed by atoms with Gasteiger partial charge in [-0.25, -0.2) is 4.99 Å².